The Morgan fingerprint density at radius 3 is 2.25 bits per heavy atom. The van der Waals surface area contributed by atoms with Crippen molar-refractivity contribution in [3.05, 3.63) is 83.4 Å². The van der Waals surface area contributed by atoms with Crippen molar-refractivity contribution in [2.24, 2.45) is 0 Å². The molecule has 24 heavy (non-hydrogen) atoms. The average molecular weight is 338 g/mol. The van der Waals surface area contributed by atoms with Crippen LogP contribution in [-0.4, -0.2) is 13.0 Å². The summed E-state index contributed by atoms with van der Waals surface area (Å²) < 4.78 is 5.22. The number of carbonyl (C=O) groups excluding carboxylic acids is 1. The number of rotatable bonds is 4. The summed E-state index contributed by atoms with van der Waals surface area (Å²) in [6.07, 6.45) is 0. The third-order valence-corrected chi connectivity index (χ3v) is 3.89. The average Bonchev–Trinajstić information content (AvgIpc) is 2.63. The van der Waals surface area contributed by atoms with E-state index in [0.29, 0.717) is 22.0 Å². The molecule has 0 atom stereocenters. The van der Waals surface area contributed by atoms with E-state index < -0.39 is 0 Å². The van der Waals surface area contributed by atoms with Crippen LogP contribution in [-0.2, 0) is 0 Å². The highest BCUT2D eigenvalue weighted by Gasteiger charge is 2.13. The molecule has 0 aliphatic rings. The summed E-state index contributed by atoms with van der Waals surface area (Å²) in [5, 5.41) is 3.35. The van der Waals surface area contributed by atoms with E-state index in [1.807, 2.05) is 54.6 Å². The van der Waals surface area contributed by atoms with Gasteiger partial charge in [-0.2, -0.15) is 0 Å². The molecular weight excluding hydrogens is 322 g/mol. The van der Waals surface area contributed by atoms with Gasteiger partial charge in [0.1, 0.15) is 5.75 Å². The van der Waals surface area contributed by atoms with Crippen LogP contribution in [0.25, 0.3) is 11.1 Å². The molecule has 3 aromatic carbocycles. The van der Waals surface area contributed by atoms with Crippen LogP contribution < -0.4 is 10.1 Å². The van der Waals surface area contributed by atoms with Gasteiger partial charge in [-0.05, 0) is 41.5 Å². The van der Waals surface area contributed by atoms with E-state index >= 15 is 0 Å². The molecule has 0 radical (unpaired) electrons. The quantitative estimate of drug-likeness (QED) is 0.704. The van der Waals surface area contributed by atoms with E-state index in [4.69, 9.17) is 16.3 Å². The van der Waals surface area contributed by atoms with Crippen LogP contribution in [0.15, 0.2) is 72.8 Å². The molecule has 0 fully saturated rings. The summed E-state index contributed by atoms with van der Waals surface area (Å²) in [5.74, 6) is 0.222. The highest BCUT2D eigenvalue weighted by Crippen LogP contribution is 2.25. The number of nitrogens with one attached hydrogen (secondary N) is 1. The van der Waals surface area contributed by atoms with Crippen molar-refractivity contribution < 1.29 is 9.53 Å². The number of amides is 1. The summed E-state index contributed by atoms with van der Waals surface area (Å²) in [6.45, 7) is 0. The maximum absolute atomic E-state index is 12.5. The first-order valence-electron chi connectivity index (χ1n) is 7.48. The second-order valence-electron chi connectivity index (χ2n) is 5.24. The third-order valence-electron chi connectivity index (χ3n) is 3.66. The van der Waals surface area contributed by atoms with E-state index in [0.717, 1.165) is 11.1 Å². The van der Waals surface area contributed by atoms with Gasteiger partial charge in [0.05, 0.1) is 12.7 Å². The van der Waals surface area contributed by atoms with Crippen molar-refractivity contribution in [3.8, 4) is 16.9 Å². The molecule has 1 N–H and O–H groups in total. The fraction of sp³-hybridized carbons (Fsp3) is 0.0500. The number of methoxy groups -OCH3 is 1. The van der Waals surface area contributed by atoms with Gasteiger partial charge in [0.25, 0.3) is 5.91 Å². The van der Waals surface area contributed by atoms with Crippen LogP contribution in [0.2, 0.25) is 5.02 Å². The van der Waals surface area contributed by atoms with Gasteiger partial charge >= 0.3 is 0 Å². The lowest BCUT2D eigenvalue weighted by molar-refractivity contribution is 0.102. The van der Waals surface area contributed by atoms with Crippen LogP contribution in [0.1, 0.15) is 10.4 Å². The Morgan fingerprint density at radius 2 is 1.58 bits per heavy atom. The van der Waals surface area contributed by atoms with Crippen LogP contribution in [0, 0.1) is 0 Å². The largest absolute Gasteiger partial charge is 0.496 e. The number of carbonyl (C=O) groups is 1. The molecule has 3 nitrogen and oxygen atoms in total. The molecule has 0 spiro atoms. The van der Waals surface area contributed by atoms with Crippen molar-refractivity contribution in [1.29, 1.82) is 0 Å². The summed E-state index contributed by atoms with van der Waals surface area (Å²) >= 11 is 5.97. The molecule has 0 aromatic heterocycles. The fourth-order valence-electron chi connectivity index (χ4n) is 2.43. The lowest BCUT2D eigenvalue weighted by Crippen LogP contribution is -2.13. The normalized spacial score (nSPS) is 10.2. The molecule has 0 aliphatic carbocycles. The minimum absolute atomic E-state index is 0.262. The summed E-state index contributed by atoms with van der Waals surface area (Å²) in [7, 11) is 1.52. The molecule has 0 unspecified atom stereocenters. The number of halogens is 1. The molecule has 0 saturated carbocycles. The Morgan fingerprint density at radius 1 is 0.917 bits per heavy atom. The molecule has 0 bridgehead atoms. The first-order chi connectivity index (χ1) is 11.7. The summed E-state index contributed by atoms with van der Waals surface area (Å²) in [4.78, 5) is 12.5. The first kappa shape index (κ1) is 16.1. The van der Waals surface area contributed by atoms with Crippen molar-refractivity contribution in [1.82, 2.24) is 0 Å². The van der Waals surface area contributed by atoms with E-state index in [9.17, 15) is 4.79 Å². The molecule has 0 saturated heterocycles. The number of anilines is 1. The zero-order valence-corrected chi connectivity index (χ0v) is 13.9. The number of ether oxygens (including phenoxy) is 1. The molecule has 4 heteroatoms. The van der Waals surface area contributed by atoms with Crippen molar-refractivity contribution in [2.45, 2.75) is 0 Å². The molecule has 1 amide bonds. The smallest absolute Gasteiger partial charge is 0.259 e. The van der Waals surface area contributed by atoms with Gasteiger partial charge in [0.15, 0.2) is 0 Å². The van der Waals surface area contributed by atoms with Gasteiger partial charge in [0, 0.05) is 10.7 Å². The number of hydrogen-bond acceptors (Lipinski definition) is 2. The minimum Gasteiger partial charge on any atom is -0.496 e. The summed E-state index contributed by atoms with van der Waals surface area (Å²) in [5.41, 5.74) is 3.33. The topological polar surface area (TPSA) is 38.3 Å². The van der Waals surface area contributed by atoms with Gasteiger partial charge in [-0.25, -0.2) is 0 Å². The Bertz CT molecular complexity index is 845. The van der Waals surface area contributed by atoms with Gasteiger partial charge in [0.2, 0.25) is 0 Å². The van der Waals surface area contributed by atoms with Crippen molar-refractivity contribution >= 4 is 23.2 Å². The van der Waals surface area contributed by atoms with Gasteiger partial charge in [-0.1, -0.05) is 54.1 Å². The van der Waals surface area contributed by atoms with Crippen LogP contribution in [0.4, 0.5) is 5.69 Å². The van der Waals surface area contributed by atoms with E-state index in [-0.39, 0.29) is 5.91 Å². The molecule has 3 rings (SSSR count). The minimum atomic E-state index is -0.262. The SMILES string of the molecule is COc1ccc(Cl)cc1C(=O)Nc1ccc(-c2ccccc2)cc1. The molecule has 120 valence electrons. The molecule has 0 heterocycles. The van der Waals surface area contributed by atoms with Crippen LogP contribution in [0.5, 0.6) is 5.75 Å². The third kappa shape index (κ3) is 3.58. The Balaban J connectivity index is 1.79. The Labute approximate surface area is 145 Å². The lowest BCUT2D eigenvalue weighted by atomic mass is 10.1. The van der Waals surface area contributed by atoms with Crippen LogP contribution in [0.3, 0.4) is 0 Å². The molecular formula is C20H16ClNO2. The zero-order valence-electron chi connectivity index (χ0n) is 13.1. The van der Waals surface area contributed by atoms with Crippen LogP contribution >= 0.6 is 11.6 Å². The predicted octanol–water partition coefficient (Wildman–Crippen LogP) is 5.27. The fourth-order valence-corrected chi connectivity index (χ4v) is 2.60. The first-order valence-corrected chi connectivity index (χ1v) is 7.85. The van der Waals surface area contributed by atoms with Gasteiger partial charge in [-0.3, -0.25) is 4.79 Å². The lowest BCUT2D eigenvalue weighted by Gasteiger charge is -2.10. The highest BCUT2D eigenvalue weighted by atomic mass is 35.5. The van der Waals surface area contributed by atoms with Gasteiger partial charge < -0.3 is 10.1 Å². The number of benzene rings is 3. The standard InChI is InChI=1S/C20H16ClNO2/c1-24-19-12-9-16(21)13-18(19)20(23)22-17-10-7-15(8-11-17)14-5-3-2-4-6-14/h2-13H,1H3,(H,22,23). The monoisotopic (exact) mass is 337 g/mol. The second-order valence-corrected chi connectivity index (χ2v) is 5.68. The maximum Gasteiger partial charge on any atom is 0.259 e. The summed E-state index contributed by atoms with van der Waals surface area (Å²) in [6, 6.07) is 22.7. The Hall–Kier alpha value is -2.78. The predicted molar refractivity (Wildman–Crippen MR) is 97.8 cm³/mol. The van der Waals surface area contributed by atoms with E-state index in [1.165, 1.54) is 7.11 Å². The van der Waals surface area contributed by atoms with Gasteiger partial charge in [-0.15, -0.1) is 0 Å². The van der Waals surface area contributed by atoms with E-state index in [2.05, 4.69) is 5.32 Å². The number of hydrogen-bond donors (Lipinski definition) is 1. The van der Waals surface area contributed by atoms with E-state index in [1.54, 1.807) is 18.2 Å². The van der Waals surface area contributed by atoms with Crippen molar-refractivity contribution in [2.75, 3.05) is 12.4 Å². The maximum atomic E-state index is 12.5. The van der Waals surface area contributed by atoms with Crippen molar-refractivity contribution in [3.63, 3.8) is 0 Å². The Kier molecular flexibility index (Phi) is 4.82. The molecule has 3 aromatic rings. The highest BCUT2D eigenvalue weighted by molar-refractivity contribution is 6.31. The zero-order chi connectivity index (χ0) is 16.9. The second kappa shape index (κ2) is 7.20. The molecule has 0 aliphatic heterocycles.